The number of methoxy groups -OCH3 is 3. The third kappa shape index (κ3) is 4.04. The molecule has 3 heterocycles. The number of rotatable bonds is 7. The zero-order valence-corrected chi connectivity index (χ0v) is 18.2. The molecule has 0 bridgehead atoms. The molecule has 31 heavy (non-hydrogen) atoms. The van der Waals surface area contributed by atoms with Crippen LogP contribution in [0.1, 0.15) is 24.0 Å². The van der Waals surface area contributed by atoms with Crippen molar-refractivity contribution in [2.75, 3.05) is 33.2 Å². The first-order valence-electron chi connectivity index (χ1n) is 9.91. The summed E-state index contributed by atoms with van der Waals surface area (Å²) < 4.78 is 18.2. The lowest BCUT2D eigenvalue weighted by Gasteiger charge is -2.20. The summed E-state index contributed by atoms with van der Waals surface area (Å²) >= 11 is 0. The van der Waals surface area contributed by atoms with E-state index in [-0.39, 0.29) is 0 Å². The van der Waals surface area contributed by atoms with Crippen LogP contribution in [-0.4, -0.2) is 47.4 Å². The highest BCUT2D eigenvalue weighted by molar-refractivity contribution is 5.63. The quantitative estimate of drug-likeness (QED) is 0.600. The zero-order chi connectivity index (χ0) is 22.0. The molecule has 4 rings (SSSR count). The Labute approximate surface area is 181 Å². The van der Waals surface area contributed by atoms with Gasteiger partial charge in [0.25, 0.3) is 0 Å². The van der Waals surface area contributed by atoms with Gasteiger partial charge in [0, 0.05) is 24.2 Å². The molecule has 0 amide bonds. The molecular weight excluding hydrogens is 396 g/mol. The highest BCUT2D eigenvalue weighted by Crippen LogP contribution is 2.39. The minimum Gasteiger partial charge on any atom is -0.493 e. The number of hydrogen-bond acceptors (Lipinski definition) is 8. The molecule has 2 aromatic heterocycles. The predicted octanol–water partition coefficient (Wildman–Crippen LogP) is 3.11. The predicted molar refractivity (Wildman–Crippen MR) is 119 cm³/mol. The molecule has 0 atom stereocenters. The fourth-order valence-electron chi connectivity index (χ4n) is 3.52. The monoisotopic (exact) mass is 422 g/mol. The van der Waals surface area contributed by atoms with E-state index in [9.17, 15) is 0 Å². The molecule has 1 aromatic carbocycles. The first-order valence-corrected chi connectivity index (χ1v) is 9.91. The smallest absolute Gasteiger partial charge is 0.203 e. The van der Waals surface area contributed by atoms with Gasteiger partial charge in [0.05, 0.1) is 38.9 Å². The summed E-state index contributed by atoms with van der Waals surface area (Å²) in [5, 5.41) is 6.71. The maximum atomic E-state index is 5.46. The number of nitrogens with zero attached hydrogens (tertiary/aromatic N) is 4. The number of aromatic nitrogens is 4. The van der Waals surface area contributed by atoms with Gasteiger partial charge in [-0.2, -0.15) is 0 Å². The van der Waals surface area contributed by atoms with Crippen molar-refractivity contribution in [2.24, 2.45) is 0 Å². The van der Waals surface area contributed by atoms with E-state index in [2.05, 4.69) is 32.2 Å². The summed E-state index contributed by atoms with van der Waals surface area (Å²) in [7, 11) is 4.76. The number of imidazole rings is 1. The molecule has 2 N–H and O–H groups in total. The molecular formula is C22H26N6O3. The second-order valence-corrected chi connectivity index (χ2v) is 7.20. The van der Waals surface area contributed by atoms with E-state index in [0.29, 0.717) is 35.4 Å². The average molecular weight is 422 g/mol. The number of anilines is 2. The molecule has 3 aromatic rings. The van der Waals surface area contributed by atoms with Crippen LogP contribution in [0.3, 0.4) is 0 Å². The van der Waals surface area contributed by atoms with Crippen molar-refractivity contribution in [1.29, 1.82) is 0 Å². The van der Waals surface area contributed by atoms with Crippen molar-refractivity contribution in [1.82, 2.24) is 24.8 Å². The minimum absolute atomic E-state index is 0.542. The lowest BCUT2D eigenvalue weighted by Crippen LogP contribution is -2.26. The van der Waals surface area contributed by atoms with Crippen molar-refractivity contribution in [2.45, 2.75) is 19.9 Å². The number of ether oxygens (including phenoxy) is 3. The normalized spacial score (nSPS) is 12.8. The molecule has 0 saturated heterocycles. The molecule has 0 aliphatic carbocycles. The van der Waals surface area contributed by atoms with Gasteiger partial charge in [0.15, 0.2) is 17.3 Å². The van der Waals surface area contributed by atoms with Gasteiger partial charge in [-0.25, -0.2) is 15.0 Å². The summed E-state index contributed by atoms with van der Waals surface area (Å²) in [6.45, 7) is 7.49. The topological polar surface area (TPSA) is 95.4 Å². The van der Waals surface area contributed by atoms with Crippen LogP contribution in [-0.2, 0) is 13.0 Å². The summed E-state index contributed by atoms with van der Waals surface area (Å²) in [5.74, 6) is 3.75. The Morgan fingerprint density at radius 3 is 2.52 bits per heavy atom. The minimum atomic E-state index is 0.542. The number of benzene rings is 1. The summed E-state index contributed by atoms with van der Waals surface area (Å²) in [4.78, 5) is 13.8. The first-order chi connectivity index (χ1) is 15.0. The van der Waals surface area contributed by atoms with Crippen LogP contribution in [0.15, 0.2) is 31.2 Å². The molecule has 0 unspecified atom stereocenters. The van der Waals surface area contributed by atoms with Gasteiger partial charge < -0.3 is 29.4 Å². The highest BCUT2D eigenvalue weighted by Gasteiger charge is 2.19. The van der Waals surface area contributed by atoms with Gasteiger partial charge in [0.2, 0.25) is 5.75 Å². The van der Waals surface area contributed by atoms with E-state index in [0.717, 1.165) is 41.3 Å². The molecule has 1 aliphatic rings. The highest BCUT2D eigenvalue weighted by atomic mass is 16.5. The summed E-state index contributed by atoms with van der Waals surface area (Å²) in [5.41, 5.74) is 3.74. The van der Waals surface area contributed by atoms with Gasteiger partial charge in [-0.3, -0.25) is 0 Å². The van der Waals surface area contributed by atoms with Gasteiger partial charge in [-0.15, -0.1) is 0 Å². The van der Waals surface area contributed by atoms with Crippen molar-refractivity contribution in [3.05, 3.63) is 48.3 Å². The van der Waals surface area contributed by atoms with Crippen molar-refractivity contribution >= 4 is 17.2 Å². The van der Waals surface area contributed by atoms with Crippen molar-refractivity contribution < 1.29 is 14.2 Å². The molecule has 0 spiro atoms. The van der Waals surface area contributed by atoms with Crippen molar-refractivity contribution in [3.8, 4) is 22.9 Å². The Balaban J connectivity index is 1.68. The number of nitrogens with one attached hydrogen (secondary N) is 2. The third-order valence-electron chi connectivity index (χ3n) is 5.10. The van der Waals surface area contributed by atoms with Crippen LogP contribution in [0.25, 0.3) is 11.3 Å². The Morgan fingerprint density at radius 2 is 1.87 bits per heavy atom. The SMILES string of the molecule is C=C(C)c1nc2c(c(Nc3cn(-c4cc(OC)c(OC)c(OC)c4)cn3)n1)CCNC2. The number of allylic oxidation sites excluding steroid dienone is 1. The van der Waals surface area contributed by atoms with Crippen LogP contribution in [0.2, 0.25) is 0 Å². The van der Waals surface area contributed by atoms with Crippen LogP contribution >= 0.6 is 0 Å². The Kier molecular flexibility index (Phi) is 5.77. The standard InChI is InChI=1S/C22H26N6O3/c1-13(2)21-25-16-10-23-7-6-15(16)22(27-21)26-19-11-28(12-24-19)14-8-17(29-3)20(31-5)18(9-14)30-4/h8-9,11-12,23H,1,6-7,10H2,2-5H3,(H,25,26,27). The Morgan fingerprint density at radius 1 is 1.13 bits per heavy atom. The molecule has 9 heteroatoms. The summed E-state index contributed by atoms with van der Waals surface area (Å²) in [6.07, 6.45) is 4.45. The largest absolute Gasteiger partial charge is 0.493 e. The van der Waals surface area contributed by atoms with Crippen molar-refractivity contribution in [3.63, 3.8) is 0 Å². The molecule has 162 valence electrons. The molecule has 9 nitrogen and oxygen atoms in total. The molecule has 1 aliphatic heterocycles. The maximum Gasteiger partial charge on any atom is 0.203 e. The molecule has 0 fully saturated rings. The fraction of sp³-hybridized carbons (Fsp3) is 0.318. The lowest BCUT2D eigenvalue weighted by molar-refractivity contribution is 0.324. The number of fused-ring (bicyclic) bond motifs is 1. The molecule has 0 radical (unpaired) electrons. The Hall–Kier alpha value is -3.59. The lowest BCUT2D eigenvalue weighted by atomic mass is 10.1. The first kappa shape index (κ1) is 20.7. The van der Waals surface area contributed by atoms with E-state index < -0.39 is 0 Å². The van der Waals surface area contributed by atoms with E-state index in [1.165, 1.54) is 0 Å². The van der Waals surface area contributed by atoms with Gasteiger partial charge in [0.1, 0.15) is 18.0 Å². The van der Waals surface area contributed by atoms with Crippen LogP contribution < -0.4 is 24.8 Å². The Bertz CT molecular complexity index is 1100. The summed E-state index contributed by atoms with van der Waals surface area (Å²) in [6, 6.07) is 3.73. The van der Waals surface area contributed by atoms with E-state index in [1.54, 1.807) is 27.7 Å². The van der Waals surface area contributed by atoms with Crippen LogP contribution in [0, 0.1) is 0 Å². The second kappa shape index (κ2) is 8.65. The van der Waals surface area contributed by atoms with Crippen LogP contribution in [0.5, 0.6) is 17.2 Å². The van der Waals surface area contributed by atoms with Gasteiger partial charge in [-0.1, -0.05) is 6.58 Å². The van der Waals surface area contributed by atoms with Gasteiger partial charge >= 0.3 is 0 Å². The molecule has 0 saturated carbocycles. The van der Waals surface area contributed by atoms with E-state index in [4.69, 9.17) is 14.2 Å². The second-order valence-electron chi connectivity index (χ2n) is 7.20. The van der Waals surface area contributed by atoms with E-state index in [1.807, 2.05) is 29.8 Å². The zero-order valence-electron chi connectivity index (χ0n) is 18.2. The van der Waals surface area contributed by atoms with E-state index >= 15 is 0 Å². The third-order valence-corrected chi connectivity index (χ3v) is 5.10. The fourth-order valence-corrected chi connectivity index (χ4v) is 3.52. The van der Waals surface area contributed by atoms with Gasteiger partial charge in [-0.05, 0) is 25.5 Å². The number of hydrogen-bond donors (Lipinski definition) is 2. The maximum absolute atomic E-state index is 5.46. The average Bonchev–Trinajstić information content (AvgIpc) is 3.26. The van der Waals surface area contributed by atoms with Crippen LogP contribution in [0.4, 0.5) is 11.6 Å².